The highest BCUT2D eigenvalue weighted by atomic mass is 16.2. The fourth-order valence-electron chi connectivity index (χ4n) is 6.07. The lowest BCUT2D eigenvalue weighted by atomic mass is 9.79. The lowest BCUT2D eigenvalue weighted by Crippen LogP contribution is -2.49. The molecule has 2 atom stereocenters. The summed E-state index contributed by atoms with van der Waals surface area (Å²) >= 11 is 0. The highest BCUT2D eigenvalue weighted by Gasteiger charge is 2.38. The molecule has 172 valence electrons. The second kappa shape index (κ2) is 8.44. The molecule has 4 heteroatoms. The highest BCUT2D eigenvalue weighted by Crippen LogP contribution is 2.42. The number of aromatic amines is 1. The normalized spacial score (nSPS) is 19.8. The van der Waals surface area contributed by atoms with E-state index in [0.29, 0.717) is 0 Å². The zero-order valence-electron chi connectivity index (χ0n) is 19.9. The molecule has 4 nitrogen and oxygen atoms in total. The van der Waals surface area contributed by atoms with Crippen LogP contribution in [0.15, 0.2) is 72.9 Å². The topological polar surface area (TPSA) is 39.3 Å². The van der Waals surface area contributed by atoms with E-state index in [1.807, 2.05) is 4.90 Å². The summed E-state index contributed by atoms with van der Waals surface area (Å²) in [6.45, 7) is 7.23. The number of carbonyl (C=O) groups excluding carboxylic acids is 1. The van der Waals surface area contributed by atoms with Gasteiger partial charge in [-0.05, 0) is 59.4 Å². The van der Waals surface area contributed by atoms with E-state index in [-0.39, 0.29) is 17.9 Å². The third-order valence-corrected chi connectivity index (χ3v) is 7.77. The van der Waals surface area contributed by atoms with Gasteiger partial charge in [-0.3, -0.25) is 9.69 Å². The molecule has 0 unspecified atom stereocenters. The van der Waals surface area contributed by atoms with Crippen LogP contribution in [0.4, 0.5) is 0 Å². The Balaban J connectivity index is 1.45. The minimum Gasteiger partial charge on any atom is -0.361 e. The smallest absolute Gasteiger partial charge is 0.230 e. The molecule has 0 fully saturated rings. The van der Waals surface area contributed by atoms with Crippen LogP contribution in [-0.4, -0.2) is 46.4 Å². The maximum absolute atomic E-state index is 13.5. The van der Waals surface area contributed by atoms with Crippen LogP contribution in [0.2, 0.25) is 0 Å². The first-order valence-electron chi connectivity index (χ1n) is 12.5. The Kier molecular flexibility index (Phi) is 5.26. The van der Waals surface area contributed by atoms with E-state index in [2.05, 4.69) is 96.7 Å². The predicted octanol–water partition coefficient (Wildman–Crippen LogP) is 5.63. The van der Waals surface area contributed by atoms with Crippen molar-refractivity contribution in [3.05, 3.63) is 89.6 Å². The van der Waals surface area contributed by atoms with E-state index in [0.717, 1.165) is 32.6 Å². The van der Waals surface area contributed by atoms with Crippen molar-refractivity contribution in [2.75, 3.05) is 19.6 Å². The van der Waals surface area contributed by atoms with Crippen molar-refractivity contribution < 1.29 is 4.79 Å². The van der Waals surface area contributed by atoms with Crippen LogP contribution in [0.5, 0.6) is 0 Å². The Labute approximate surface area is 200 Å². The molecular formula is C30H31N3O. The standard InChI is InChI=1S/C30H31N3O/c1-3-32(4-2)30(34)23-15-26-25-13-8-14-27-29(25)22(17-31-27)16-28(26)33(19-23)18-21-11-7-10-20-9-5-6-12-24(20)21/h5-15,17,23,28,31H,3-4,16,18-19H2,1-2H3/t23-,28+/m0/s1. The fraction of sp³-hybridized carbons (Fsp3) is 0.300. The number of nitrogens with one attached hydrogen (secondary N) is 1. The number of H-pyrrole nitrogens is 1. The Morgan fingerprint density at radius 1 is 1.03 bits per heavy atom. The molecule has 2 aliphatic rings. The number of benzene rings is 3. The second-order valence-corrected chi connectivity index (χ2v) is 9.57. The molecule has 0 bridgehead atoms. The molecule has 0 saturated heterocycles. The van der Waals surface area contributed by atoms with Crippen LogP contribution >= 0.6 is 0 Å². The largest absolute Gasteiger partial charge is 0.361 e. The van der Waals surface area contributed by atoms with Gasteiger partial charge in [-0.15, -0.1) is 0 Å². The van der Waals surface area contributed by atoms with Crippen molar-refractivity contribution in [3.63, 3.8) is 0 Å². The van der Waals surface area contributed by atoms with Crippen LogP contribution in [-0.2, 0) is 17.8 Å². The summed E-state index contributed by atoms with van der Waals surface area (Å²) in [4.78, 5) is 21.5. The quantitative estimate of drug-likeness (QED) is 0.429. The molecule has 34 heavy (non-hydrogen) atoms. The first kappa shape index (κ1) is 21.2. The summed E-state index contributed by atoms with van der Waals surface area (Å²) < 4.78 is 0. The summed E-state index contributed by atoms with van der Waals surface area (Å²) in [6, 6.07) is 22.0. The average molecular weight is 450 g/mol. The molecule has 2 heterocycles. The van der Waals surface area contributed by atoms with Crippen molar-refractivity contribution in [2.45, 2.75) is 32.9 Å². The monoisotopic (exact) mass is 449 g/mol. The van der Waals surface area contributed by atoms with Gasteiger partial charge in [0.2, 0.25) is 5.91 Å². The van der Waals surface area contributed by atoms with Gasteiger partial charge in [0.25, 0.3) is 0 Å². The molecular weight excluding hydrogens is 418 g/mol. The number of aromatic nitrogens is 1. The molecule has 0 radical (unpaired) electrons. The van der Waals surface area contributed by atoms with Gasteiger partial charge in [-0.1, -0.05) is 60.7 Å². The Morgan fingerprint density at radius 2 is 1.82 bits per heavy atom. The third kappa shape index (κ3) is 3.36. The minimum absolute atomic E-state index is 0.128. The Morgan fingerprint density at radius 3 is 2.68 bits per heavy atom. The highest BCUT2D eigenvalue weighted by molar-refractivity contribution is 5.99. The number of fused-ring (bicyclic) bond motifs is 3. The molecule has 1 aliphatic carbocycles. The van der Waals surface area contributed by atoms with Crippen LogP contribution < -0.4 is 0 Å². The van der Waals surface area contributed by atoms with Gasteiger partial charge in [0.1, 0.15) is 0 Å². The second-order valence-electron chi connectivity index (χ2n) is 9.57. The van der Waals surface area contributed by atoms with Crippen LogP contribution in [0, 0.1) is 5.92 Å². The Bertz CT molecular complexity index is 1410. The number of carbonyl (C=O) groups is 1. The van der Waals surface area contributed by atoms with Crippen molar-refractivity contribution >= 4 is 33.2 Å². The molecule has 0 spiro atoms. The van der Waals surface area contributed by atoms with Gasteiger partial charge in [-0.2, -0.15) is 0 Å². The molecule has 0 saturated carbocycles. The summed E-state index contributed by atoms with van der Waals surface area (Å²) in [5, 5.41) is 3.89. The average Bonchev–Trinajstić information content (AvgIpc) is 3.29. The number of rotatable bonds is 5. The minimum atomic E-state index is -0.128. The molecule has 6 rings (SSSR count). The lowest BCUT2D eigenvalue weighted by Gasteiger charge is -2.42. The summed E-state index contributed by atoms with van der Waals surface area (Å²) in [6.07, 6.45) is 5.43. The third-order valence-electron chi connectivity index (χ3n) is 7.77. The number of hydrogen-bond acceptors (Lipinski definition) is 2. The summed E-state index contributed by atoms with van der Waals surface area (Å²) in [5.74, 6) is 0.114. The van der Waals surface area contributed by atoms with Gasteiger partial charge in [0.15, 0.2) is 0 Å². The van der Waals surface area contributed by atoms with Crippen molar-refractivity contribution in [3.8, 4) is 0 Å². The van der Waals surface area contributed by atoms with E-state index < -0.39 is 0 Å². The summed E-state index contributed by atoms with van der Waals surface area (Å²) in [7, 11) is 0. The maximum atomic E-state index is 13.5. The van der Waals surface area contributed by atoms with Gasteiger partial charge in [0, 0.05) is 49.3 Å². The Hall–Kier alpha value is -3.37. The van der Waals surface area contributed by atoms with Crippen LogP contribution in [0.25, 0.3) is 27.2 Å². The molecule has 1 aromatic heterocycles. The first-order chi connectivity index (χ1) is 16.7. The van der Waals surface area contributed by atoms with Crippen LogP contribution in [0.3, 0.4) is 0 Å². The zero-order valence-corrected chi connectivity index (χ0v) is 19.9. The van der Waals surface area contributed by atoms with Gasteiger partial charge in [-0.25, -0.2) is 0 Å². The van der Waals surface area contributed by atoms with E-state index in [4.69, 9.17) is 0 Å². The SMILES string of the molecule is CCN(CC)C(=O)[C@H]1C=C2c3cccc4[nH]cc(c34)C[C@H]2N(Cc2cccc3ccccc23)C1. The number of hydrogen-bond donors (Lipinski definition) is 1. The van der Waals surface area contributed by atoms with Crippen molar-refractivity contribution in [1.29, 1.82) is 0 Å². The van der Waals surface area contributed by atoms with E-state index in [1.165, 1.54) is 43.9 Å². The molecule has 1 N–H and O–H groups in total. The molecule has 1 aliphatic heterocycles. The predicted molar refractivity (Wildman–Crippen MR) is 140 cm³/mol. The van der Waals surface area contributed by atoms with E-state index in [1.54, 1.807) is 0 Å². The molecule has 3 aromatic carbocycles. The van der Waals surface area contributed by atoms with Crippen molar-refractivity contribution in [2.24, 2.45) is 5.92 Å². The van der Waals surface area contributed by atoms with Crippen LogP contribution in [0.1, 0.15) is 30.5 Å². The van der Waals surface area contributed by atoms with E-state index >= 15 is 0 Å². The van der Waals surface area contributed by atoms with Crippen molar-refractivity contribution in [1.82, 2.24) is 14.8 Å². The molecule has 4 aromatic rings. The summed E-state index contributed by atoms with van der Waals surface area (Å²) in [5.41, 5.74) is 6.49. The zero-order chi connectivity index (χ0) is 23.2. The number of amides is 1. The lowest BCUT2D eigenvalue weighted by molar-refractivity contribution is -0.134. The maximum Gasteiger partial charge on any atom is 0.230 e. The van der Waals surface area contributed by atoms with Gasteiger partial charge in [0.05, 0.1) is 5.92 Å². The van der Waals surface area contributed by atoms with Gasteiger partial charge < -0.3 is 9.88 Å². The van der Waals surface area contributed by atoms with Gasteiger partial charge >= 0.3 is 0 Å². The first-order valence-corrected chi connectivity index (χ1v) is 12.5. The molecule has 1 amide bonds. The fourth-order valence-corrected chi connectivity index (χ4v) is 6.07. The van der Waals surface area contributed by atoms with E-state index in [9.17, 15) is 4.79 Å². The number of nitrogens with zero attached hydrogens (tertiary/aromatic N) is 2.